The summed E-state index contributed by atoms with van der Waals surface area (Å²) in [5.41, 5.74) is 1.76. The first-order chi connectivity index (χ1) is 9.52. The summed E-state index contributed by atoms with van der Waals surface area (Å²) in [6, 6.07) is 7.36. The predicted octanol–water partition coefficient (Wildman–Crippen LogP) is 2.95. The second kappa shape index (κ2) is 5.92. The Morgan fingerprint density at radius 1 is 1.35 bits per heavy atom. The maximum absolute atomic E-state index is 11.9. The molecular formula is C15H13ClO4. The molecule has 0 saturated carbocycles. The molecule has 0 spiro atoms. The van der Waals surface area contributed by atoms with Crippen LogP contribution in [0.1, 0.15) is 18.1 Å². The van der Waals surface area contributed by atoms with Crippen LogP contribution in [-0.2, 0) is 19.1 Å². The number of halogens is 1. The molecule has 0 unspecified atom stereocenters. The summed E-state index contributed by atoms with van der Waals surface area (Å²) < 4.78 is 10.1. The largest absolute Gasteiger partial charge is 0.463 e. The molecule has 0 aromatic heterocycles. The zero-order valence-corrected chi connectivity index (χ0v) is 11.9. The van der Waals surface area contributed by atoms with Crippen molar-refractivity contribution in [2.24, 2.45) is 0 Å². The van der Waals surface area contributed by atoms with Gasteiger partial charge < -0.3 is 9.47 Å². The van der Waals surface area contributed by atoms with E-state index in [1.54, 1.807) is 19.1 Å². The van der Waals surface area contributed by atoms with Crippen molar-refractivity contribution < 1.29 is 19.1 Å². The smallest absolute Gasteiger partial charge is 0.334 e. The van der Waals surface area contributed by atoms with Gasteiger partial charge >= 0.3 is 5.97 Å². The lowest BCUT2D eigenvalue weighted by molar-refractivity contribution is -0.137. The summed E-state index contributed by atoms with van der Waals surface area (Å²) in [5, 5.41) is -0.0376. The van der Waals surface area contributed by atoms with Gasteiger partial charge in [-0.1, -0.05) is 41.4 Å². The number of ketones is 1. The van der Waals surface area contributed by atoms with E-state index in [9.17, 15) is 9.59 Å². The lowest BCUT2D eigenvalue weighted by Gasteiger charge is -2.04. The van der Waals surface area contributed by atoms with Crippen LogP contribution in [0.4, 0.5) is 0 Å². The fourth-order valence-corrected chi connectivity index (χ4v) is 1.93. The maximum Gasteiger partial charge on any atom is 0.334 e. The number of benzene rings is 1. The molecule has 0 aliphatic carbocycles. The van der Waals surface area contributed by atoms with E-state index in [1.165, 1.54) is 0 Å². The first-order valence-corrected chi connectivity index (χ1v) is 6.48. The van der Waals surface area contributed by atoms with Crippen LogP contribution in [0.5, 0.6) is 0 Å². The Balaban J connectivity index is 2.27. The van der Waals surface area contributed by atoms with Crippen molar-refractivity contribution in [3.8, 4) is 0 Å². The molecule has 0 radical (unpaired) electrons. The maximum atomic E-state index is 11.9. The van der Waals surface area contributed by atoms with E-state index in [-0.39, 0.29) is 23.2 Å². The molecule has 1 heterocycles. The SMILES string of the molecule is CCOC(=O)/C=C1/OC(c2ccc(C)cc2)=C(Cl)C1=O. The quantitative estimate of drug-likeness (QED) is 0.635. The van der Waals surface area contributed by atoms with Gasteiger partial charge in [0.15, 0.2) is 11.5 Å². The zero-order valence-electron chi connectivity index (χ0n) is 11.1. The summed E-state index contributed by atoms with van der Waals surface area (Å²) >= 11 is 5.97. The number of allylic oxidation sites excluding steroid dienone is 1. The highest BCUT2D eigenvalue weighted by molar-refractivity contribution is 6.49. The molecule has 0 bridgehead atoms. The Labute approximate surface area is 121 Å². The van der Waals surface area contributed by atoms with Gasteiger partial charge in [-0.2, -0.15) is 0 Å². The molecule has 0 N–H and O–H groups in total. The summed E-state index contributed by atoms with van der Waals surface area (Å²) in [4.78, 5) is 23.3. The van der Waals surface area contributed by atoms with Gasteiger partial charge in [-0.25, -0.2) is 4.79 Å². The van der Waals surface area contributed by atoms with Crippen molar-refractivity contribution in [2.45, 2.75) is 13.8 Å². The fourth-order valence-electron chi connectivity index (χ4n) is 1.69. The van der Waals surface area contributed by atoms with Crippen LogP contribution >= 0.6 is 11.6 Å². The third-order valence-electron chi connectivity index (χ3n) is 2.68. The highest BCUT2D eigenvalue weighted by Crippen LogP contribution is 2.34. The summed E-state index contributed by atoms with van der Waals surface area (Å²) in [5.74, 6) is -1.02. The minimum atomic E-state index is -0.634. The average Bonchev–Trinajstić information content (AvgIpc) is 2.68. The second-order valence-electron chi connectivity index (χ2n) is 4.20. The molecule has 104 valence electrons. The Morgan fingerprint density at radius 2 is 2.00 bits per heavy atom. The van der Waals surface area contributed by atoms with Gasteiger partial charge in [0, 0.05) is 5.56 Å². The van der Waals surface area contributed by atoms with Crippen LogP contribution in [-0.4, -0.2) is 18.4 Å². The van der Waals surface area contributed by atoms with Gasteiger partial charge in [0.1, 0.15) is 5.03 Å². The molecule has 2 rings (SSSR count). The highest BCUT2D eigenvalue weighted by atomic mass is 35.5. The predicted molar refractivity (Wildman–Crippen MR) is 74.8 cm³/mol. The number of ether oxygens (including phenoxy) is 2. The summed E-state index contributed by atoms with van der Waals surface area (Å²) in [7, 11) is 0. The molecule has 5 heteroatoms. The fraction of sp³-hybridized carbons (Fsp3) is 0.200. The van der Waals surface area contributed by atoms with Crippen molar-refractivity contribution in [1.29, 1.82) is 0 Å². The summed E-state index contributed by atoms with van der Waals surface area (Å²) in [6.07, 6.45) is 1.01. The van der Waals surface area contributed by atoms with E-state index in [0.29, 0.717) is 5.56 Å². The van der Waals surface area contributed by atoms with Crippen LogP contribution in [0.3, 0.4) is 0 Å². The number of esters is 1. The average molecular weight is 293 g/mol. The first-order valence-electron chi connectivity index (χ1n) is 6.10. The monoisotopic (exact) mass is 292 g/mol. The van der Waals surface area contributed by atoms with Crippen molar-refractivity contribution in [2.75, 3.05) is 6.61 Å². The number of rotatable bonds is 3. The summed E-state index contributed by atoms with van der Waals surface area (Å²) in [6.45, 7) is 3.85. The molecule has 20 heavy (non-hydrogen) atoms. The number of carbonyl (C=O) groups excluding carboxylic acids is 2. The van der Waals surface area contributed by atoms with Gasteiger partial charge in [0.25, 0.3) is 0 Å². The van der Waals surface area contributed by atoms with E-state index in [0.717, 1.165) is 11.6 Å². The van der Waals surface area contributed by atoms with Gasteiger partial charge in [0.05, 0.1) is 12.7 Å². The normalized spacial score (nSPS) is 16.6. The van der Waals surface area contributed by atoms with Crippen molar-refractivity contribution in [3.63, 3.8) is 0 Å². The number of carbonyl (C=O) groups is 2. The first kappa shape index (κ1) is 14.3. The molecule has 0 atom stereocenters. The minimum Gasteiger partial charge on any atom is -0.463 e. The number of Topliss-reactive ketones (excluding diaryl/α,β-unsaturated/α-hetero) is 1. The van der Waals surface area contributed by atoms with E-state index >= 15 is 0 Å². The van der Waals surface area contributed by atoms with Crippen LogP contribution in [0, 0.1) is 6.92 Å². The van der Waals surface area contributed by atoms with E-state index in [4.69, 9.17) is 21.1 Å². The third kappa shape index (κ3) is 2.91. The third-order valence-corrected chi connectivity index (χ3v) is 3.03. The lowest BCUT2D eigenvalue weighted by atomic mass is 10.1. The minimum absolute atomic E-state index is 0.0376. The Hall–Kier alpha value is -2.07. The van der Waals surface area contributed by atoms with Crippen LogP contribution in [0.2, 0.25) is 0 Å². The molecule has 4 nitrogen and oxygen atoms in total. The number of hydrogen-bond donors (Lipinski definition) is 0. The molecular weight excluding hydrogens is 280 g/mol. The van der Waals surface area contributed by atoms with Crippen LogP contribution in [0.15, 0.2) is 41.1 Å². The van der Waals surface area contributed by atoms with Gasteiger partial charge in [-0.15, -0.1) is 0 Å². The molecule has 1 aromatic rings. The topological polar surface area (TPSA) is 52.6 Å². The van der Waals surface area contributed by atoms with Gasteiger partial charge in [-0.3, -0.25) is 4.79 Å². The molecule has 1 aliphatic rings. The van der Waals surface area contributed by atoms with E-state index in [1.807, 2.05) is 19.1 Å². The lowest BCUT2D eigenvalue weighted by Crippen LogP contribution is -2.04. The van der Waals surface area contributed by atoms with Crippen LogP contribution < -0.4 is 0 Å². The van der Waals surface area contributed by atoms with E-state index in [2.05, 4.69) is 0 Å². The van der Waals surface area contributed by atoms with Gasteiger partial charge in [0.2, 0.25) is 5.78 Å². The molecule has 0 saturated heterocycles. The van der Waals surface area contributed by atoms with Crippen LogP contribution in [0.25, 0.3) is 5.76 Å². The molecule has 0 amide bonds. The van der Waals surface area contributed by atoms with Crippen molar-refractivity contribution in [1.82, 2.24) is 0 Å². The highest BCUT2D eigenvalue weighted by Gasteiger charge is 2.31. The molecule has 1 aromatic carbocycles. The Kier molecular flexibility index (Phi) is 4.25. The van der Waals surface area contributed by atoms with Crippen molar-refractivity contribution >= 4 is 29.1 Å². The Morgan fingerprint density at radius 3 is 2.60 bits per heavy atom. The van der Waals surface area contributed by atoms with E-state index < -0.39 is 11.8 Å². The molecule has 0 fully saturated rings. The zero-order chi connectivity index (χ0) is 14.7. The number of aryl methyl sites for hydroxylation is 1. The standard InChI is InChI=1S/C15H13ClO4/c1-3-19-12(17)8-11-14(18)13(16)15(20-11)10-6-4-9(2)5-7-10/h4-8H,3H2,1-2H3/b11-8+. The number of hydrogen-bond acceptors (Lipinski definition) is 4. The van der Waals surface area contributed by atoms with Gasteiger partial charge in [-0.05, 0) is 13.8 Å². The Bertz CT molecular complexity index is 611. The second-order valence-corrected chi connectivity index (χ2v) is 4.58. The van der Waals surface area contributed by atoms with Crippen molar-refractivity contribution in [3.05, 3.63) is 52.3 Å². The molecule has 1 aliphatic heterocycles.